The second-order valence-electron chi connectivity index (χ2n) is 9.87. The summed E-state index contributed by atoms with van der Waals surface area (Å²) < 4.78 is 0. The summed E-state index contributed by atoms with van der Waals surface area (Å²) in [5.74, 6) is -6.97. The maximum atomic E-state index is 13.2. The first-order valence-corrected chi connectivity index (χ1v) is 14.4. The van der Waals surface area contributed by atoms with Crippen molar-refractivity contribution in [2.75, 3.05) is 18.0 Å². The maximum absolute atomic E-state index is 13.2. The van der Waals surface area contributed by atoms with Crippen LogP contribution in [0.4, 0.5) is 5.13 Å². The zero-order valence-electron chi connectivity index (χ0n) is 22.8. The fourth-order valence-electron chi connectivity index (χ4n) is 4.07. The van der Waals surface area contributed by atoms with E-state index in [1.165, 1.54) is 19.2 Å². The van der Waals surface area contributed by atoms with Crippen molar-refractivity contribution < 1.29 is 54.1 Å². The molecule has 1 aromatic rings. The van der Waals surface area contributed by atoms with Gasteiger partial charge < -0.3 is 36.5 Å². The van der Waals surface area contributed by atoms with E-state index in [0.29, 0.717) is 0 Å². The quantitative estimate of drug-likeness (QED) is 0.0793. The molecule has 3 heterocycles. The first-order valence-electron chi connectivity index (χ1n) is 12.4. The monoisotopic (exact) mass is 651 g/mol. The summed E-state index contributed by atoms with van der Waals surface area (Å²) in [7, 11) is 0. The van der Waals surface area contributed by atoms with Crippen LogP contribution in [0.3, 0.4) is 0 Å². The Hall–Kier alpha value is -4.95. The number of anilines is 1. The number of aliphatic carboxylic acids is 2. The highest BCUT2D eigenvalue weighted by Crippen LogP contribution is 2.40. The molecule has 44 heavy (non-hydrogen) atoms. The normalized spacial score (nSPS) is 20.4. The van der Waals surface area contributed by atoms with E-state index in [2.05, 4.69) is 20.8 Å². The second-order valence-corrected chi connectivity index (χ2v) is 11.9. The van der Waals surface area contributed by atoms with Crippen LogP contribution in [0.15, 0.2) is 44.9 Å². The van der Waals surface area contributed by atoms with E-state index in [1.54, 1.807) is 5.48 Å². The summed E-state index contributed by atoms with van der Waals surface area (Å²) in [4.78, 5) is 84.4. The zero-order valence-corrected chi connectivity index (χ0v) is 24.4. The number of fused-ring (bicyclic) bond motifs is 1. The van der Waals surface area contributed by atoms with E-state index in [-0.39, 0.29) is 46.4 Å². The lowest BCUT2D eigenvalue weighted by molar-refractivity contribution is -0.161. The van der Waals surface area contributed by atoms with Gasteiger partial charge in [0.15, 0.2) is 16.6 Å². The van der Waals surface area contributed by atoms with Crippen molar-refractivity contribution >= 4 is 69.4 Å². The fourth-order valence-corrected chi connectivity index (χ4v) is 5.96. The molecule has 3 amide bonds. The van der Waals surface area contributed by atoms with Gasteiger partial charge in [-0.25, -0.2) is 14.6 Å². The highest BCUT2D eigenvalue weighted by molar-refractivity contribution is 8.00. The summed E-state index contributed by atoms with van der Waals surface area (Å²) in [6.07, 6.45) is 0.576. The van der Waals surface area contributed by atoms with Crippen molar-refractivity contribution in [3.63, 3.8) is 0 Å². The molecule has 0 radical (unpaired) electrons. The van der Waals surface area contributed by atoms with Gasteiger partial charge in [-0.15, -0.1) is 23.1 Å². The van der Waals surface area contributed by atoms with Crippen molar-refractivity contribution in [3.05, 3.63) is 45.4 Å². The number of nitrogen functional groups attached to an aromatic ring is 1. The Balaban J connectivity index is 1.48. The summed E-state index contributed by atoms with van der Waals surface area (Å²) in [6.45, 7) is 2.09. The Labute approximate surface area is 255 Å². The van der Waals surface area contributed by atoms with Crippen molar-refractivity contribution in [2.45, 2.75) is 37.3 Å². The van der Waals surface area contributed by atoms with Crippen LogP contribution < -0.4 is 21.8 Å². The van der Waals surface area contributed by atoms with Crippen LogP contribution in [0.1, 0.15) is 26.0 Å². The third-order valence-electron chi connectivity index (χ3n) is 6.48. The smallest absolute Gasteiger partial charge is 0.352 e. The number of aliphatic hydroxyl groups excluding tert-OH is 1. The van der Waals surface area contributed by atoms with Gasteiger partial charge in [0.25, 0.3) is 11.8 Å². The molecule has 18 nitrogen and oxygen atoms in total. The second kappa shape index (κ2) is 12.3. The number of aromatic nitrogens is 1. The van der Waals surface area contributed by atoms with E-state index in [1.807, 2.05) is 0 Å². The minimum Gasteiger partial charge on any atom is -0.503 e. The zero-order chi connectivity index (χ0) is 32.5. The number of carbonyl (C=O) groups is 6. The molecule has 0 aromatic carbocycles. The van der Waals surface area contributed by atoms with E-state index >= 15 is 0 Å². The Bertz CT molecular complexity index is 1590. The number of allylic oxidation sites excluding steroid dienone is 2. The van der Waals surface area contributed by atoms with Gasteiger partial charge in [0.2, 0.25) is 17.3 Å². The summed E-state index contributed by atoms with van der Waals surface area (Å²) in [6, 6.07) is -1.20. The van der Waals surface area contributed by atoms with Crippen molar-refractivity contribution in [1.29, 1.82) is 0 Å². The van der Waals surface area contributed by atoms with E-state index in [4.69, 9.17) is 15.8 Å². The molecule has 1 unspecified atom stereocenters. The molecule has 1 fully saturated rings. The first kappa shape index (κ1) is 32.0. The lowest BCUT2D eigenvalue weighted by Gasteiger charge is -2.49. The van der Waals surface area contributed by atoms with Gasteiger partial charge >= 0.3 is 11.9 Å². The highest BCUT2D eigenvalue weighted by Gasteiger charge is 2.54. The van der Waals surface area contributed by atoms with Crippen LogP contribution in [0.5, 0.6) is 0 Å². The Morgan fingerprint density at radius 3 is 2.55 bits per heavy atom. The molecule has 4 rings (SSSR count). The van der Waals surface area contributed by atoms with Gasteiger partial charge in [0.05, 0.1) is 5.70 Å². The number of hydroxylamine groups is 1. The molecule has 9 N–H and O–H groups in total. The summed E-state index contributed by atoms with van der Waals surface area (Å²) in [5.41, 5.74) is 4.34. The third kappa shape index (κ3) is 6.21. The number of nitrogens with zero attached hydrogens (tertiary/aromatic N) is 3. The van der Waals surface area contributed by atoms with Crippen molar-refractivity contribution in [3.8, 4) is 0 Å². The average Bonchev–Trinajstić information content (AvgIpc) is 3.40. The number of oxime groups is 1. The number of nitrogens with one attached hydrogen (secondary N) is 3. The number of thiazole rings is 1. The van der Waals surface area contributed by atoms with Gasteiger partial charge in [-0.3, -0.25) is 34.8 Å². The molecular weight excluding hydrogens is 626 g/mol. The molecule has 0 spiro atoms. The third-order valence-corrected chi connectivity index (χ3v) is 8.49. The van der Waals surface area contributed by atoms with Crippen LogP contribution in [0, 0.1) is 0 Å². The lowest BCUT2D eigenvalue weighted by Crippen LogP contribution is -2.71. The molecule has 2 aliphatic heterocycles. The number of thioether (sulfide) groups is 1. The number of carbonyl (C=O) groups excluding carboxylic acids is 4. The summed E-state index contributed by atoms with van der Waals surface area (Å²) in [5, 5.41) is 47.1. The van der Waals surface area contributed by atoms with Crippen LogP contribution in [0.2, 0.25) is 0 Å². The predicted molar refractivity (Wildman–Crippen MR) is 151 cm³/mol. The number of nitrogens with two attached hydrogens (primary N) is 1. The number of carboxylic acid groups (broad SMARTS) is 2. The van der Waals surface area contributed by atoms with Crippen LogP contribution in [0.25, 0.3) is 0 Å². The van der Waals surface area contributed by atoms with Crippen LogP contribution in [-0.2, 0) is 33.6 Å². The van der Waals surface area contributed by atoms with Crippen molar-refractivity contribution in [2.24, 2.45) is 5.16 Å². The Morgan fingerprint density at radius 1 is 1.25 bits per heavy atom. The Kier molecular flexibility index (Phi) is 8.97. The molecule has 1 aromatic heterocycles. The van der Waals surface area contributed by atoms with E-state index in [0.717, 1.165) is 34.1 Å². The molecular formula is C24H25N7O11S2. The molecule has 20 heteroatoms. The highest BCUT2D eigenvalue weighted by atomic mass is 32.2. The molecule has 1 saturated heterocycles. The number of ketones is 1. The maximum Gasteiger partial charge on any atom is 0.352 e. The molecule has 0 saturated carbocycles. The van der Waals surface area contributed by atoms with Crippen LogP contribution in [-0.4, -0.2) is 101 Å². The molecule has 1 aliphatic carbocycles. The number of hydrogen-bond donors (Lipinski definition) is 8. The van der Waals surface area contributed by atoms with Crippen molar-refractivity contribution in [1.82, 2.24) is 26.0 Å². The first-order chi connectivity index (χ1) is 20.7. The van der Waals surface area contributed by atoms with Gasteiger partial charge in [-0.05, 0) is 25.5 Å². The van der Waals surface area contributed by atoms with Gasteiger partial charge in [0, 0.05) is 29.7 Å². The largest absolute Gasteiger partial charge is 0.503 e. The molecule has 234 valence electrons. The van der Waals surface area contributed by atoms with Gasteiger partial charge in [0.1, 0.15) is 22.8 Å². The number of amides is 3. The molecule has 2 atom stereocenters. The van der Waals surface area contributed by atoms with E-state index in [9.17, 15) is 44.1 Å². The number of β-lactam (4-membered cyclic amide) rings is 1. The Morgan fingerprint density at radius 2 is 1.95 bits per heavy atom. The SMILES string of the molecule is CC(C)(O/N=C(\C(=O)NC1C(=O)N2C(C(=O)O)=C(CNC(=O)C3=CC(=O)C(O)=C(NO)C3)CS[C@@H]12)c1csc(N)n1)C(=O)O. The number of aliphatic hydroxyl groups is 1. The minimum atomic E-state index is -1.82. The predicted octanol–water partition coefficient (Wildman–Crippen LogP) is -1.19. The lowest BCUT2D eigenvalue weighted by atomic mass is 9.99. The molecule has 0 bridgehead atoms. The summed E-state index contributed by atoms with van der Waals surface area (Å²) >= 11 is 2.08. The van der Waals surface area contributed by atoms with Crippen LogP contribution >= 0.6 is 23.1 Å². The number of rotatable bonds is 11. The standard InChI is InChI=1S/C24H25N7O11S2/c1-24(2,22(39)40)42-30-13(11-7-44-23(25)27-11)18(35)28-14-19(36)31-15(21(37)38)9(6-43-20(14)31)5-26-17(34)8-3-10(29-41)16(33)12(32)4-8/h4,7,14,20,29,33,41H,3,5-6H2,1-2H3,(H2,25,27)(H,26,34)(H,28,35)(H,37,38)(H,39,40)/b30-13-/t14?,20-/m0/s1. The fraction of sp³-hybridized carbons (Fsp3) is 0.333. The average molecular weight is 652 g/mol. The topological polar surface area (TPSA) is 283 Å². The molecule has 3 aliphatic rings. The van der Waals surface area contributed by atoms with Gasteiger partial charge in [-0.1, -0.05) is 5.16 Å². The number of carboxylic acids is 2. The van der Waals surface area contributed by atoms with E-state index < -0.39 is 69.6 Å². The van der Waals surface area contributed by atoms with Gasteiger partial charge in [-0.2, -0.15) is 0 Å². The number of hydrogen-bond acceptors (Lipinski definition) is 15. The minimum absolute atomic E-state index is 0.0321.